The van der Waals surface area contributed by atoms with E-state index in [9.17, 15) is 4.79 Å². The van der Waals surface area contributed by atoms with Gasteiger partial charge in [-0.05, 0) is 25.8 Å². The molecule has 0 saturated carbocycles. The van der Waals surface area contributed by atoms with Gasteiger partial charge in [0.15, 0.2) is 5.76 Å². The van der Waals surface area contributed by atoms with Gasteiger partial charge in [-0.15, -0.1) is 0 Å². The van der Waals surface area contributed by atoms with Crippen LogP contribution in [0.2, 0.25) is 0 Å². The van der Waals surface area contributed by atoms with E-state index in [4.69, 9.17) is 4.74 Å². The van der Waals surface area contributed by atoms with Crippen molar-refractivity contribution in [3.63, 3.8) is 0 Å². The Morgan fingerprint density at radius 1 is 1.64 bits per heavy atom. The molecule has 0 aliphatic carbocycles. The highest BCUT2D eigenvalue weighted by Crippen LogP contribution is 2.23. The number of ether oxygens (including phenoxy) is 1. The molecule has 1 unspecified atom stereocenters. The minimum absolute atomic E-state index is 0.132. The smallest absolute Gasteiger partial charge is 0.200 e. The van der Waals surface area contributed by atoms with Crippen LogP contribution in [0.4, 0.5) is 0 Å². The summed E-state index contributed by atoms with van der Waals surface area (Å²) in [5.74, 6) is 0.758. The Bertz CT molecular complexity index is 200. The van der Waals surface area contributed by atoms with E-state index < -0.39 is 0 Å². The van der Waals surface area contributed by atoms with Crippen molar-refractivity contribution < 1.29 is 9.53 Å². The standard InChI is InChI=1S/C9H14O2/c1-4-7-5-8(10)9(11-7)6(2)3/h7H,4-5H2,1-3H3. The molecule has 2 heteroatoms. The number of Topliss-reactive ketones (excluding diaryl/α,β-unsaturated/α-hetero) is 1. The van der Waals surface area contributed by atoms with Crippen molar-refractivity contribution >= 4 is 5.78 Å². The van der Waals surface area contributed by atoms with Crippen LogP contribution < -0.4 is 0 Å². The molecule has 2 nitrogen and oxygen atoms in total. The molecule has 0 amide bonds. The van der Waals surface area contributed by atoms with Crippen molar-refractivity contribution in [2.45, 2.75) is 39.7 Å². The first-order valence-corrected chi connectivity index (χ1v) is 4.02. The third-order valence-corrected chi connectivity index (χ3v) is 1.86. The average molecular weight is 154 g/mol. The average Bonchev–Trinajstić information content (AvgIpc) is 2.30. The lowest BCUT2D eigenvalue weighted by Crippen LogP contribution is -2.01. The molecule has 1 aliphatic rings. The van der Waals surface area contributed by atoms with Crippen LogP contribution in [-0.4, -0.2) is 11.9 Å². The third-order valence-electron chi connectivity index (χ3n) is 1.86. The van der Waals surface area contributed by atoms with E-state index in [0.29, 0.717) is 12.2 Å². The Labute approximate surface area is 67.2 Å². The van der Waals surface area contributed by atoms with Gasteiger partial charge in [-0.1, -0.05) is 6.92 Å². The molecule has 62 valence electrons. The number of ketones is 1. The van der Waals surface area contributed by atoms with E-state index in [2.05, 4.69) is 0 Å². The quantitative estimate of drug-likeness (QED) is 0.540. The first-order valence-electron chi connectivity index (χ1n) is 4.02. The zero-order valence-electron chi connectivity index (χ0n) is 7.31. The normalized spacial score (nSPS) is 23.7. The van der Waals surface area contributed by atoms with Crippen LogP contribution in [0.25, 0.3) is 0 Å². The lowest BCUT2D eigenvalue weighted by molar-refractivity contribution is -0.115. The van der Waals surface area contributed by atoms with Crippen LogP contribution in [0.15, 0.2) is 11.3 Å². The Morgan fingerprint density at radius 3 is 2.55 bits per heavy atom. The third kappa shape index (κ3) is 1.62. The molecule has 11 heavy (non-hydrogen) atoms. The van der Waals surface area contributed by atoms with Crippen molar-refractivity contribution in [1.29, 1.82) is 0 Å². The van der Waals surface area contributed by atoms with Gasteiger partial charge in [-0.2, -0.15) is 0 Å². The highest BCUT2D eigenvalue weighted by molar-refractivity contribution is 5.96. The lowest BCUT2D eigenvalue weighted by Gasteiger charge is -2.05. The van der Waals surface area contributed by atoms with Crippen LogP contribution in [0, 0.1) is 0 Å². The number of allylic oxidation sites excluding steroid dienone is 2. The van der Waals surface area contributed by atoms with Gasteiger partial charge in [0.25, 0.3) is 0 Å². The van der Waals surface area contributed by atoms with Gasteiger partial charge in [0.2, 0.25) is 5.78 Å². The summed E-state index contributed by atoms with van der Waals surface area (Å²) in [6, 6.07) is 0. The molecule has 1 saturated heterocycles. The molecule has 0 N–H and O–H groups in total. The second-order valence-electron chi connectivity index (χ2n) is 3.10. The van der Waals surface area contributed by atoms with E-state index in [0.717, 1.165) is 12.0 Å². The molecule has 1 aliphatic heterocycles. The van der Waals surface area contributed by atoms with Crippen LogP contribution in [-0.2, 0) is 9.53 Å². The lowest BCUT2D eigenvalue weighted by atomic mass is 10.1. The Morgan fingerprint density at radius 2 is 2.27 bits per heavy atom. The molecular formula is C9H14O2. The highest BCUT2D eigenvalue weighted by atomic mass is 16.5. The molecule has 0 bridgehead atoms. The fraction of sp³-hybridized carbons (Fsp3) is 0.667. The summed E-state index contributed by atoms with van der Waals surface area (Å²) in [7, 11) is 0. The summed E-state index contributed by atoms with van der Waals surface area (Å²) in [5.41, 5.74) is 0.992. The van der Waals surface area contributed by atoms with Crippen LogP contribution >= 0.6 is 0 Å². The van der Waals surface area contributed by atoms with E-state index in [1.165, 1.54) is 0 Å². The van der Waals surface area contributed by atoms with E-state index in [1.807, 2.05) is 20.8 Å². The Balaban J connectivity index is 2.75. The molecule has 0 spiro atoms. The Hall–Kier alpha value is -0.790. The summed E-state index contributed by atoms with van der Waals surface area (Å²) in [6.07, 6.45) is 1.62. The second-order valence-corrected chi connectivity index (χ2v) is 3.10. The summed E-state index contributed by atoms with van der Waals surface area (Å²) in [5, 5.41) is 0. The van der Waals surface area contributed by atoms with Crippen molar-refractivity contribution in [3.8, 4) is 0 Å². The van der Waals surface area contributed by atoms with Crippen molar-refractivity contribution in [2.75, 3.05) is 0 Å². The number of rotatable bonds is 1. The zero-order chi connectivity index (χ0) is 8.43. The largest absolute Gasteiger partial charge is 0.486 e. The van der Waals surface area contributed by atoms with E-state index >= 15 is 0 Å². The number of carbonyl (C=O) groups excluding carboxylic acids is 1. The number of hydrogen-bond acceptors (Lipinski definition) is 2. The molecule has 0 aromatic rings. The van der Waals surface area contributed by atoms with Gasteiger partial charge in [0.05, 0.1) is 6.42 Å². The predicted molar refractivity (Wildman–Crippen MR) is 43.2 cm³/mol. The monoisotopic (exact) mass is 154 g/mol. The van der Waals surface area contributed by atoms with E-state index in [1.54, 1.807) is 0 Å². The van der Waals surface area contributed by atoms with E-state index in [-0.39, 0.29) is 11.9 Å². The highest BCUT2D eigenvalue weighted by Gasteiger charge is 2.27. The molecule has 0 radical (unpaired) electrons. The van der Waals surface area contributed by atoms with Crippen LogP contribution in [0.5, 0.6) is 0 Å². The maximum atomic E-state index is 11.2. The van der Waals surface area contributed by atoms with Gasteiger partial charge < -0.3 is 4.74 Å². The summed E-state index contributed by atoms with van der Waals surface area (Å²) in [4.78, 5) is 11.2. The Kier molecular flexibility index (Phi) is 2.32. The van der Waals surface area contributed by atoms with Gasteiger partial charge in [0, 0.05) is 0 Å². The maximum absolute atomic E-state index is 11.2. The molecule has 0 aromatic carbocycles. The first kappa shape index (κ1) is 8.31. The first-order chi connectivity index (χ1) is 5.15. The number of carbonyl (C=O) groups is 1. The van der Waals surface area contributed by atoms with Crippen molar-refractivity contribution in [1.82, 2.24) is 0 Å². The van der Waals surface area contributed by atoms with Crippen LogP contribution in [0.3, 0.4) is 0 Å². The summed E-state index contributed by atoms with van der Waals surface area (Å²) in [6.45, 7) is 5.85. The minimum Gasteiger partial charge on any atom is -0.486 e. The molecule has 1 fully saturated rings. The predicted octanol–water partition coefficient (Wildman–Crippen LogP) is 2.05. The van der Waals surface area contributed by atoms with Gasteiger partial charge in [-0.3, -0.25) is 4.79 Å². The summed E-state index contributed by atoms with van der Waals surface area (Å²) >= 11 is 0. The fourth-order valence-corrected chi connectivity index (χ4v) is 1.20. The maximum Gasteiger partial charge on any atom is 0.200 e. The van der Waals surface area contributed by atoms with Crippen molar-refractivity contribution in [2.24, 2.45) is 0 Å². The van der Waals surface area contributed by atoms with Crippen LogP contribution in [0.1, 0.15) is 33.6 Å². The second kappa shape index (κ2) is 3.07. The molecule has 1 atom stereocenters. The molecule has 1 heterocycles. The van der Waals surface area contributed by atoms with Gasteiger partial charge >= 0.3 is 0 Å². The minimum atomic E-state index is 0.132. The molecule has 1 rings (SSSR count). The summed E-state index contributed by atoms with van der Waals surface area (Å²) < 4.78 is 5.41. The molecule has 0 aromatic heterocycles. The topological polar surface area (TPSA) is 26.3 Å². The fourth-order valence-electron chi connectivity index (χ4n) is 1.20. The molecular weight excluding hydrogens is 140 g/mol. The number of hydrogen-bond donors (Lipinski definition) is 0. The SMILES string of the molecule is CCC1CC(=O)C(=C(C)C)O1. The van der Waals surface area contributed by atoms with Crippen molar-refractivity contribution in [3.05, 3.63) is 11.3 Å². The van der Waals surface area contributed by atoms with Gasteiger partial charge in [-0.25, -0.2) is 0 Å². The zero-order valence-corrected chi connectivity index (χ0v) is 7.31. The van der Waals surface area contributed by atoms with Gasteiger partial charge in [0.1, 0.15) is 6.10 Å².